The zero-order valence-electron chi connectivity index (χ0n) is 14.8. The molecule has 0 unspecified atom stereocenters. The van der Waals surface area contributed by atoms with E-state index in [9.17, 15) is 4.79 Å². The molecule has 0 saturated carbocycles. The van der Waals surface area contributed by atoms with Crippen LogP contribution in [-0.2, 0) is 11.3 Å². The molecular formula is C19H27BrN2O2. The highest BCUT2D eigenvalue weighted by Crippen LogP contribution is 2.41. The van der Waals surface area contributed by atoms with Crippen LogP contribution in [-0.4, -0.2) is 47.7 Å². The van der Waals surface area contributed by atoms with Gasteiger partial charge in [0.05, 0.1) is 0 Å². The van der Waals surface area contributed by atoms with E-state index in [-0.39, 0.29) is 6.09 Å². The molecule has 4 nitrogen and oxygen atoms in total. The number of piperidine rings is 1. The van der Waals surface area contributed by atoms with Crippen molar-refractivity contribution in [3.05, 3.63) is 34.3 Å². The summed E-state index contributed by atoms with van der Waals surface area (Å²) in [6, 6.07) is 8.57. The van der Waals surface area contributed by atoms with Crippen LogP contribution in [0.2, 0.25) is 0 Å². The maximum Gasteiger partial charge on any atom is 0.410 e. The number of ether oxygens (including phenoxy) is 1. The number of carbonyl (C=O) groups excluding carboxylic acids is 1. The summed E-state index contributed by atoms with van der Waals surface area (Å²) in [4.78, 5) is 16.5. The van der Waals surface area contributed by atoms with E-state index in [1.165, 1.54) is 18.4 Å². The molecule has 0 radical (unpaired) electrons. The van der Waals surface area contributed by atoms with Gasteiger partial charge >= 0.3 is 6.09 Å². The lowest BCUT2D eigenvalue weighted by Gasteiger charge is -2.53. The number of amides is 1. The molecule has 0 bridgehead atoms. The second-order valence-electron chi connectivity index (χ2n) is 8.24. The van der Waals surface area contributed by atoms with E-state index < -0.39 is 5.60 Å². The van der Waals surface area contributed by atoms with E-state index in [4.69, 9.17) is 4.74 Å². The molecule has 0 aromatic heterocycles. The maximum absolute atomic E-state index is 12.1. The smallest absolute Gasteiger partial charge is 0.410 e. The monoisotopic (exact) mass is 394 g/mol. The summed E-state index contributed by atoms with van der Waals surface area (Å²) in [7, 11) is 0. The van der Waals surface area contributed by atoms with E-state index in [0.29, 0.717) is 5.41 Å². The zero-order chi connectivity index (χ0) is 17.4. The van der Waals surface area contributed by atoms with Crippen molar-refractivity contribution < 1.29 is 9.53 Å². The Morgan fingerprint density at radius 2 is 1.75 bits per heavy atom. The standard InChI is InChI=1S/C19H27BrN2O2/c1-18(2,3)24-17(23)22-13-19(14-22)8-10-21(11-9-19)12-15-4-6-16(20)7-5-15/h4-7H,8-14H2,1-3H3. The molecule has 0 N–H and O–H groups in total. The van der Waals surface area contributed by atoms with E-state index in [0.717, 1.165) is 37.2 Å². The molecular weight excluding hydrogens is 368 g/mol. The van der Waals surface area contributed by atoms with Gasteiger partial charge in [0.15, 0.2) is 0 Å². The summed E-state index contributed by atoms with van der Waals surface area (Å²) in [6.07, 6.45) is 2.18. The predicted molar refractivity (Wildman–Crippen MR) is 98.9 cm³/mol. The maximum atomic E-state index is 12.1. The predicted octanol–water partition coefficient (Wildman–Crippen LogP) is 4.28. The van der Waals surface area contributed by atoms with Gasteiger partial charge in [-0.3, -0.25) is 4.90 Å². The number of rotatable bonds is 2. The first-order valence-corrected chi connectivity index (χ1v) is 9.49. The fraction of sp³-hybridized carbons (Fsp3) is 0.632. The summed E-state index contributed by atoms with van der Waals surface area (Å²) in [5, 5.41) is 0. The largest absolute Gasteiger partial charge is 0.444 e. The summed E-state index contributed by atoms with van der Waals surface area (Å²) < 4.78 is 6.58. The van der Waals surface area contributed by atoms with Crippen LogP contribution in [0.4, 0.5) is 4.79 Å². The summed E-state index contributed by atoms with van der Waals surface area (Å²) in [6.45, 7) is 10.7. The van der Waals surface area contributed by atoms with Gasteiger partial charge in [-0.1, -0.05) is 28.1 Å². The normalized spacial score (nSPS) is 20.8. The van der Waals surface area contributed by atoms with Crippen LogP contribution in [0, 0.1) is 5.41 Å². The van der Waals surface area contributed by atoms with Crippen LogP contribution < -0.4 is 0 Å². The molecule has 1 aromatic carbocycles. The Kier molecular flexibility index (Phi) is 4.94. The minimum Gasteiger partial charge on any atom is -0.444 e. The van der Waals surface area contributed by atoms with Crippen molar-refractivity contribution in [3.8, 4) is 0 Å². The Morgan fingerprint density at radius 1 is 1.17 bits per heavy atom. The molecule has 24 heavy (non-hydrogen) atoms. The van der Waals surface area contributed by atoms with E-state index in [1.54, 1.807) is 0 Å². The summed E-state index contributed by atoms with van der Waals surface area (Å²) in [5.74, 6) is 0. The molecule has 2 aliphatic heterocycles. The van der Waals surface area contributed by atoms with Crippen LogP contribution in [0.15, 0.2) is 28.7 Å². The summed E-state index contributed by atoms with van der Waals surface area (Å²) in [5.41, 5.74) is 1.28. The molecule has 3 rings (SSSR count). The van der Waals surface area contributed by atoms with Gasteiger partial charge in [0.2, 0.25) is 0 Å². The summed E-state index contributed by atoms with van der Waals surface area (Å²) >= 11 is 3.48. The Labute approximate surface area is 153 Å². The highest BCUT2D eigenvalue weighted by Gasteiger charge is 2.47. The van der Waals surface area contributed by atoms with Gasteiger partial charge in [-0.05, 0) is 64.4 Å². The average molecular weight is 395 g/mol. The molecule has 1 amide bonds. The lowest BCUT2D eigenvalue weighted by atomic mass is 9.72. The number of hydrogen-bond donors (Lipinski definition) is 0. The van der Waals surface area contributed by atoms with Crippen LogP contribution >= 0.6 is 15.9 Å². The van der Waals surface area contributed by atoms with E-state index >= 15 is 0 Å². The van der Waals surface area contributed by atoms with Gasteiger partial charge in [-0.2, -0.15) is 0 Å². The Morgan fingerprint density at radius 3 is 2.29 bits per heavy atom. The van der Waals surface area contributed by atoms with E-state index in [1.807, 2.05) is 25.7 Å². The molecule has 0 aliphatic carbocycles. The Bertz CT molecular complexity index is 578. The highest BCUT2D eigenvalue weighted by molar-refractivity contribution is 9.10. The minimum absolute atomic E-state index is 0.162. The van der Waals surface area contributed by atoms with Gasteiger partial charge in [0.1, 0.15) is 5.60 Å². The van der Waals surface area contributed by atoms with Crippen LogP contribution in [0.25, 0.3) is 0 Å². The van der Waals surface area contributed by atoms with Crippen LogP contribution in [0.5, 0.6) is 0 Å². The first kappa shape index (κ1) is 17.7. The van der Waals surface area contributed by atoms with Crippen LogP contribution in [0.3, 0.4) is 0 Å². The SMILES string of the molecule is CC(C)(C)OC(=O)N1CC2(CCN(Cc3ccc(Br)cc3)CC2)C1. The second-order valence-corrected chi connectivity index (χ2v) is 9.15. The molecule has 0 atom stereocenters. The van der Waals surface area contributed by atoms with Crippen molar-refractivity contribution in [1.29, 1.82) is 0 Å². The number of carbonyl (C=O) groups is 1. The number of benzene rings is 1. The lowest BCUT2D eigenvalue weighted by Crippen LogP contribution is -2.62. The van der Waals surface area contributed by atoms with Gasteiger partial charge in [-0.25, -0.2) is 4.79 Å². The second kappa shape index (κ2) is 6.68. The van der Waals surface area contributed by atoms with Gasteiger partial charge in [-0.15, -0.1) is 0 Å². The van der Waals surface area contributed by atoms with Crippen molar-refractivity contribution in [2.75, 3.05) is 26.2 Å². The van der Waals surface area contributed by atoms with Crippen molar-refractivity contribution >= 4 is 22.0 Å². The van der Waals surface area contributed by atoms with Crippen molar-refractivity contribution in [1.82, 2.24) is 9.80 Å². The topological polar surface area (TPSA) is 32.8 Å². The quantitative estimate of drug-likeness (QED) is 0.749. The van der Waals surface area contributed by atoms with Crippen molar-refractivity contribution in [2.45, 2.75) is 45.8 Å². The van der Waals surface area contributed by atoms with Crippen LogP contribution in [0.1, 0.15) is 39.2 Å². The van der Waals surface area contributed by atoms with Gasteiger partial charge in [0, 0.05) is 29.5 Å². The molecule has 2 aliphatic rings. The van der Waals surface area contributed by atoms with E-state index in [2.05, 4.69) is 45.1 Å². The minimum atomic E-state index is -0.409. The third kappa shape index (κ3) is 4.31. The third-order valence-corrected chi connectivity index (χ3v) is 5.47. The average Bonchev–Trinajstić information content (AvgIpc) is 2.46. The molecule has 2 heterocycles. The van der Waals surface area contributed by atoms with Crippen molar-refractivity contribution in [3.63, 3.8) is 0 Å². The molecule has 2 saturated heterocycles. The van der Waals surface area contributed by atoms with Gasteiger partial charge in [0.25, 0.3) is 0 Å². The highest BCUT2D eigenvalue weighted by atomic mass is 79.9. The lowest BCUT2D eigenvalue weighted by molar-refractivity contribution is -0.0600. The number of halogens is 1. The first-order valence-electron chi connectivity index (χ1n) is 8.70. The van der Waals surface area contributed by atoms with Crippen molar-refractivity contribution in [2.24, 2.45) is 5.41 Å². The molecule has 5 heteroatoms. The molecule has 2 fully saturated rings. The molecule has 132 valence electrons. The Hall–Kier alpha value is -1.07. The third-order valence-electron chi connectivity index (χ3n) is 4.94. The number of nitrogens with zero attached hydrogens (tertiary/aromatic N) is 2. The number of hydrogen-bond acceptors (Lipinski definition) is 3. The first-order chi connectivity index (χ1) is 11.2. The fourth-order valence-electron chi connectivity index (χ4n) is 3.57. The number of likely N-dealkylation sites (tertiary alicyclic amines) is 2. The molecule has 1 aromatic rings. The zero-order valence-corrected chi connectivity index (χ0v) is 16.4. The Balaban J connectivity index is 1.45. The molecule has 1 spiro atoms. The van der Waals surface area contributed by atoms with Gasteiger partial charge < -0.3 is 9.64 Å². The fourth-order valence-corrected chi connectivity index (χ4v) is 3.83.